The molecule has 2 aromatic carbocycles. The van der Waals surface area contributed by atoms with Gasteiger partial charge < -0.3 is 11.1 Å². The van der Waals surface area contributed by atoms with Gasteiger partial charge in [0.1, 0.15) is 0 Å². The second-order valence-electron chi connectivity index (χ2n) is 4.60. The average Bonchev–Trinajstić information content (AvgIpc) is 2.92. The van der Waals surface area contributed by atoms with Gasteiger partial charge in [0.25, 0.3) is 0 Å². The Morgan fingerprint density at radius 2 is 1.90 bits per heavy atom. The molecule has 0 aliphatic carbocycles. The van der Waals surface area contributed by atoms with E-state index in [9.17, 15) is 0 Å². The number of nitrogens with two attached hydrogens (primary N) is 1. The van der Waals surface area contributed by atoms with Gasteiger partial charge in [-0.1, -0.05) is 30.3 Å². The number of aryl methyl sites for hydroxylation is 1. The van der Waals surface area contributed by atoms with E-state index in [1.807, 2.05) is 43.3 Å². The third-order valence-corrected chi connectivity index (χ3v) is 3.82. The van der Waals surface area contributed by atoms with Crippen LogP contribution in [0.5, 0.6) is 0 Å². The minimum absolute atomic E-state index is 0.775. The van der Waals surface area contributed by atoms with Gasteiger partial charge in [0, 0.05) is 22.3 Å². The highest BCUT2D eigenvalue weighted by molar-refractivity contribution is 7.14. The first-order valence-electron chi connectivity index (χ1n) is 6.36. The van der Waals surface area contributed by atoms with E-state index in [0.717, 1.165) is 33.3 Å². The van der Waals surface area contributed by atoms with Crippen molar-refractivity contribution in [2.45, 2.75) is 6.92 Å². The molecule has 0 radical (unpaired) electrons. The summed E-state index contributed by atoms with van der Waals surface area (Å²) in [7, 11) is 0. The first-order chi connectivity index (χ1) is 9.72. The highest BCUT2D eigenvalue weighted by Gasteiger charge is 2.05. The molecule has 3 rings (SSSR count). The lowest BCUT2D eigenvalue weighted by Gasteiger charge is -2.07. The van der Waals surface area contributed by atoms with E-state index in [4.69, 9.17) is 5.73 Å². The van der Waals surface area contributed by atoms with E-state index in [1.54, 1.807) is 11.3 Å². The summed E-state index contributed by atoms with van der Waals surface area (Å²) < 4.78 is 0. The van der Waals surface area contributed by atoms with Gasteiger partial charge >= 0.3 is 0 Å². The number of benzene rings is 2. The molecular weight excluding hydrogens is 266 g/mol. The summed E-state index contributed by atoms with van der Waals surface area (Å²) in [6.45, 7) is 2.03. The zero-order chi connectivity index (χ0) is 13.9. The van der Waals surface area contributed by atoms with Gasteiger partial charge in [-0.05, 0) is 30.7 Å². The maximum atomic E-state index is 5.76. The van der Waals surface area contributed by atoms with E-state index in [2.05, 4.69) is 27.8 Å². The zero-order valence-corrected chi connectivity index (χ0v) is 11.9. The van der Waals surface area contributed by atoms with E-state index < -0.39 is 0 Å². The monoisotopic (exact) mass is 281 g/mol. The van der Waals surface area contributed by atoms with Gasteiger partial charge in [-0.3, -0.25) is 0 Å². The van der Waals surface area contributed by atoms with Crippen LogP contribution in [0, 0.1) is 6.92 Å². The Morgan fingerprint density at radius 1 is 1.10 bits per heavy atom. The van der Waals surface area contributed by atoms with Gasteiger partial charge in [-0.25, -0.2) is 4.98 Å². The minimum Gasteiger partial charge on any atom is -0.399 e. The number of hydrogen-bond donors (Lipinski definition) is 2. The smallest absolute Gasteiger partial charge is 0.187 e. The quantitative estimate of drug-likeness (QED) is 0.698. The molecule has 3 nitrogen and oxygen atoms in total. The van der Waals surface area contributed by atoms with Crippen LogP contribution >= 0.6 is 11.3 Å². The SMILES string of the molecule is Cc1cc(N)ccc1Nc1nc(-c2ccccc2)cs1. The van der Waals surface area contributed by atoms with Crippen LogP contribution in [0.4, 0.5) is 16.5 Å². The molecule has 0 bridgehead atoms. The number of hydrogen-bond acceptors (Lipinski definition) is 4. The number of anilines is 3. The van der Waals surface area contributed by atoms with Crippen molar-refractivity contribution in [2.75, 3.05) is 11.1 Å². The van der Waals surface area contributed by atoms with Gasteiger partial charge in [0.05, 0.1) is 5.69 Å². The summed E-state index contributed by atoms with van der Waals surface area (Å²) in [5, 5.41) is 6.29. The van der Waals surface area contributed by atoms with Crippen molar-refractivity contribution in [3.05, 3.63) is 59.5 Å². The fraction of sp³-hybridized carbons (Fsp3) is 0.0625. The zero-order valence-electron chi connectivity index (χ0n) is 11.1. The molecule has 20 heavy (non-hydrogen) atoms. The summed E-state index contributed by atoms with van der Waals surface area (Å²) in [5.41, 5.74) is 10.8. The van der Waals surface area contributed by atoms with Crippen LogP contribution in [0.15, 0.2) is 53.9 Å². The van der Waals surface area contributed by atoms with E-state index in [0.29, 0.717) is 0 Å². The number of nitrogens with zero attached hydrogens (tertiary/aromatic N) is 1. The minimum atomic E-state index is 0.775. The van der Waals surface area contributed by atoms with Gasteiger partial charge in [-0.2, -0.15) is 0 Å². The van der Waals surface area contributed by atoms with E-state index in [-0.39, 0.29) is 0 Å². The molecule has 0 saturated carbocycles. The molecule has 1 heterocycles. The Hall–Kier alpha value is -2.33. The van der Waals surface area contributed by atoms with Crippen molar-refractivity contribution < 1.29 is 0 Å². The standard InChI is InChI=1S/C16H15N3S/c1-11-9-13(17)7-8-14(11)18-16-19-15(10-20-16)12-5-3-2-4-6-12/h2-10H,17H2,1H3,(H,18,19). The summed E-state index contributed by atoms with van der Waals surface area (Å²) in [4.78, 5) is 4.62. The maximum Gasteiger partial charge on any atom is 0.187 e. The highest BCUT2D eigenvalue weighted by Crippen LogP contribution is 2.28. The molecule has 4 heteroatoms. The van der Waals surface area contributed by atoms with Crippen LogP contribution in [0.2, 0.25) is 0 Å². The predicted octanol–water partition coefficient (Wildman–Crippen LogP) is 4.44. The van der Waals surface area contributed by atoms with Crippen molar-refractivity contribution >= 4 is 27.8 Å². The summed E-state index contributed by atoms with van der Waals surface area (Å²) in [6, 6.07) is 16.0. The van der Waals surface area contributed by atoms with Crippen LogP contribution in [-0.4, -0.2) is 4.98 Å². The normalized spacial score (nSPS) is 10.4. The van der Waals surface area contributed by atoms with Crippen molar-refractivity contribution in [1.82, 2.24) is 4.98 Å². The summed E-state index contributed by atoms with van der Waals surface area (Å²) >= 11 is 1.60. The lowest BCUT2D eigenvalue weighted by atomic mass is 10.2. The Bertz CT molecular complexity index is 720. The molecule has 0 aliphatic heterocycles. The van der Waals surface area contributed by atoms with Gasteiger partial charge in [0.2, 0.25) is 0 Å². The summed E-state index contributed by atoms with van der Waals surface area (Å²) in [5.74, 6) is 0. The van der Waals surface area contributed by atoms with Gasteiger partial charge in [0.15, 0.2) is 5.13 Å². The molecule has 0 amide bonds. The first kappa shape index (κ1) is 12.7. The lowest BCUT2D eigenvalue weighted by Crippen LogP contribution is -1.94. The number of aromatic nitrogens is 1. The number of thiazole rings is 1. The predicted molar refractivity (Wildman–Crippen MR) is 86.4 cm³/mol. The van der Waals surface area contributed by atoms with Crippen LogP contribution in [0.25, 0.3) is 11.3 Å². The van der Waals surface area contributed by atoms with E-state index in [1.165, 1.54) is 0 Å². The van der Waals surface area contributed by atoms with Crippen molar-refractivity contribution in [3.8, 4) is 11.3 Å². The number of rotatable bonds is 3. The molecule has 0 unspecified atom stereocenters. The second-order valence-corrected chi connectivity index (χ2v) is 5.46. The largest absolute Gasteiger partial charge is 0.399 e. The molecule has 1 aromatic heterocycles. The number of nitrogen functional groups attached to an aromatic ring is 1. The molecular formula is C16H15N3S. The van der Waals surface area contributed by atoms with Crippen molar-refractivity contribution in [1.29, 1.82) is 0 Å². The highest BCUT2D eigenvalue weighted by atomic mass is 32.1. The third-order valence-electron chi connectivity index (χ3n) is 3.07. The maximum absolute atomic E-state index is 5.76. The Labute approximate surface area is 122 Å². The Kier molecular flexibility index (Phi) is 3.39. The fourth-order valence-corrected chi connectivity index (χ4v) is 2.75. The topological polar surface area (TPSA) is 50.9 Å². The summed E-state index contributed by atoms with van der Waals surface area (Å²) in [6.07, 6.45) is 0. The molecule has 0 saturated heterocycles. The lowest BCUT2D eigenvalue weighted by molar-refractivity contribution is 1.36. The molecule has 100 valence electrons. The molecule has 0 aliphatic rings. The molecule has 0 fully saturated rings. The van der Waals surface area contributed by atoms with Crippen LogP contribution in [0.3, 0.4) is 0 Å². The average molecular weight is 281 g/mol. The van der Waals surface area contributed by atoms with Crippen molar-refractivity contribution in [3.63, 3.8) is 0 Å². The number of nitrogens with one attached hydrogen (secondary N) is 1. The van der Waals surface area contributed by atoms with Crippen molar-refractivity contribution in [2.24, 2.45) is 0 Å². The fourth-order valence-electron chi connectivity index (χ4n) is 2.01. The van der Waals surface area contributed by atoms with Crippen LogP contribution in [-0.2, 0) is 0 Å². The molecule has 3 N–H and O–H groups in total. The second kappa shape index (κ2) is 5.35. The molecule has 0 spiro atoms. The molecule has 3 aromatic rings. The third kappa shape index (κ3) is 2.65. The van der Waals surface area contributed by atoms with Crippen LogP contribution < -0.4 is 11.1 Å². The Balaban J connectivity index is 1.84. The van der Waals surface area contributed by atoms with E-state index >= 15 is 0 Å². The molecule has 0 atom stereocenters. The van der Waals surface area contributed by atoms with Crippen LogP contribution in [0.1, 0.15) is 5.56 Å². The Morgan fingerprint density at radius 3 is 2.65 bits per heavy atom. The first-order valence-corrected chi connectivity index (χ1v) is 7.24. The van der Waals surface area contributed by atoms with Gasteiger partial charge in [-0.15, -0.1) is 11.3 Å².